The summed E-state index contributed by atoms with van der Waals surface area (Å²) in [6, 6.07) is 10.6. The van der Waals surface area contributed by atoms with Crippen LogP contribution in [0.25, 0.3) is 28.3 Å². The second kappa shape index (κ2) is 9.14. The molecule has 5 heterocycles. The van der Waals surface area contributed by atoms with Gasteiger partial charge in [-0.1, -0.05) is 0 Å². The van der Waals surface area contributed by atoms with Crippen LogP contribution in [-0.2, 0) is 16.6 Å². The van der Waals surface area contributed by atoms with E-state index < -0.39 is 10.0 Å². The lowest BCUT2D eigenvalue weighted by Crippen LogP contribution is -2.47. The summed E-state index contributed by atoms with van der Waals surface area (Å²) >= 11 is 0. The summed E-state index contributed by atoms with van der Waals surface area (Å²) in [7, 11) is -2.02. The van der Waals surface area contributed by atoms with E-state index in [-0.39, 0.29) is 10.8 Å². The van der Waals surface area contributed by atoms with Crippen LogP contribution >= 0.6 is 0 Å². The fourth-order valence-electron chi connectivity index (χ4n) is 4.55. The SMILES string of the molecule is CNS(=O)(=O)c1ccc(N2CCN(CCn3ncc4c3nc(N)n3nc(-c5ccco5)nc43)CC2)cc1. The van der Waals surface area contributed by atoms with E-state index >= 15 is 0 Å². The Bertz CT molecular complexity index is 1650. The normalized spacial score (nSPS) is 15.2. The van der Waals surface area contributed by atoms with Gasteiger partial charge in [0.15, 0.2) is 17.1 Å². The van der Waals surface area contributed by atoms with Gasteiger partial charge in [0.05, 0.1) is 29.3 Å². The second-order valence-corrected chi connectivity index (χ2v) is 10.6. The molecule has 0 spiro atoms. The first kappa shape index (κ1) is 23.4. The Hall–Kier alpha value is -4.01. The zero-order valence-electron chi connectivity index (χ0n) is 20.1. The molecule has 0 aliphatic carbocycles. The Morgan fingerprint density at radius 1 is 1.03 bits per heavy atom. The van der Waals surface area contributed by atoms with Gasteiger partial charge in [0.25, 0.3) is 0 Å². The summed E-state index contributed by atoms with van der Waals surface area (Å²) in [5.41, 5.74) is 8.46. The zero-order valence-corrected chi connectivity index (χ0v) is 21.0. The zero-order chi connectivity index (χ0) is 25.6. The number of nitrogen functional groups attached to an aromatic ring is 1. The molecule has 37 heavy (non-hydrogen) atoms. The van der Waals surface area contributed by atoms with E-state index in [2.05, 4.69) is 34.7 Å². The first-order valence-corrected chi connectivity index (χ1v) is 13.3. The van der Waals surface area contributed by atoms with Gasteiger partial charge >= 0.3 is 0 Å². The molecule has 192 valence electrons. The van der Waals surface area contributed by atoms with Crippen molar-refractivity contribution in [3.63, 3.8) is 0 Å². The van der Waals surface area contributed by atoms with E-state index in [4.69, 9.17) is 10.2 Å². The van der Waals surface area contributed by atoms with Gasteiger partial charge in [0.1, 0.15) is 0 Å². The summed E-state index contributed by atoms with van der Waals surface area (Å²) in [5.74, 6) is 1.23. The molecule has 4 aromatic heterocycles. The Kier molecular flexibility index (Phi) is 5.78. The van der Waals surface area contributed by atoms with Gasteiger partial charge in [0, 0.05) is 38.4 Å². The average Bonchev–Trinajstić information content (AvgIpc) is 3.68. The van der Waals surface area contributed by atoms with Crippen molar-refractivity contribution in [1.82, 2.24) is 39.0 Å². The highest BCUT2D eigenvalue weighted by Crippen LogP contribution is 2.24. The van der Waals surface area contributed by atoms with E-state index in [0.717, 1.165) is 43.8 Å². The Labute approximate surface area is 212 Å². The standard InChI is InChI=1S/C23H26N10O3S/c1-25-37(34,35)17-6-4-16(5-7-17)31-11-8-30(9-12-31)10-13-32-21-18(15-26-32)22-27-20(19-3-2-14-36-19)29-33(22)23(24)28-21/h2-7,14-15,25H,8-13H2,1H3,(H2,24,28). The predicted octanol–water partition coefficient (Wildman–Crippen LogP) is 1.05. The quantitative estimate of drug-likeness (QED) is 0.317. The fraction of sp³-hybridized carbons (Fsp3) is 0.304. The maximum atomic E-state index is 12.0. The van der Waals surface area contributed by atoms with E-state index in [1.165, 1.54) is 11.6 Å². The molecule has 13 nitrogen and oxygen atoms in total. The smallest absolute Gasteiger partial charge is 0.240 e. The molecule has 1 aliphatic rings. The Balaban J connectivity index is 1.12. The number of nitrogens with two attached hydrogens (primary N) is 1. The summed E-state index contributed by atoms with van der Waals surface area (Å²) in [5, 5.41) is 9.74. The van der Waals surface area contributed by atoms with Crippen molar-refractivity contribution in [2.45, 2.75) is 11.4 Å². The van der Waals surface area contributed by atoms with Gasteiger partial charge in [-0.25, -0.2) is 22.8 Å². The van der Waals surface area contributed by atoms with Crippen LogP contribution in [0.1, 0.15) is 0 Å². The molecule has 0 atom stereocenters. The maximum absolute atomic E-state index is 12.0. The number of aromatic nitrogens is 6. The van der Waals surface area contributed by atoms with Gasteiger partial charge in [0.2, 0.25) is 21.8 Å². The number of piperazine rings is 1. The van der Waals surface area contributed by atoms with Crippen molar-refractivity contribution >= 4 is 38.3 Å². The molecule has 6 rings (SSSR count). The average molecular weight is 523 g/mol. The lowest BCUT2D eigenvalue weighted by Gasteiger charge is -2.36. The lowest BCUT2D eigenvalue weighted by molar-refractivity contribution is 0.245. The minimum atomic E-state index is -3.43. The first-order chi connectivity index (χ1) is 17.9. The fourth-order valence-corrected chi connectivity index (χ4v) is 5.28. The van der Waals surface area contributed by atoms with Crippen LogP contribution in [0.2, 0.25) is 0 Å². The number of benzene rings is 1. The van der Waals surface area contributed by atoms with Crippen LogP contribution in [0.3, 0.4) is 0 Å². The molecular weight excluding hydrogens is 496 g/mol. The van der Waals surface area contributed by atoms with Gasteiger partial charge in [-0.2, -0.15) is 14.6 Å². The molecule has 1 aromatic carbocycles. The van der Waals surface area contributed by atoms with Gasteiger partial charge in [-0.05, 0) is 43.4 Å². The van der Waals surface area contributed by atoms with Crippen molar-refractivity contribution in [3.05, 3.63) is 48.9 Å². The van der Waals surface area contributed by atoms with Crippen molar-refractivity contribution in [1.29, 1.82) is 0 Å². The number of furan rings is 1. The van der Waals surface area contributed by atoms with Gasteiger partial charge in [-0.15, -0.1) is 5.10 Å². The van der Waals surface area contributed by atoms with Crippen LogP contribution in [0.4, 0.5) is 11.6 Å². The van der Waals surface area contributed by atoms with E-state index in [1.807, 2.05) is 16.8 Å². The highest BCUT2D eigenvalue weighted by molar-refractivity contribution is 7.89. The minimum Gasteiger partial charge on any atom is -0.461 e. The van der Waals surface area contributed by atoms with Crippen LogP contribution in [0.5, 0.6) is 0 Å². The van der Waals surface area contributed by atoms with Crippen molar-refractivity contribution in [2.75, 3.05) is 50.4 Å². The highest BCUT2D eigenvalue weighted by Gasteiger charge is 2.20. The molecule has 0 unspecified atom stereocenters. The Morgan fingerprint density at radius 3 is 2.51 bits per heavy atom. The largest absolute Gasteiger partial charge is 0.461 e. The van der Waals surface area contributed by atoms with Crippen molar-refractivity contribution in [3.8, 4) is 11.6 Å². The molecule has 1 aliphatic heterocycles. The van der Waals surface area contributed by atoms with Crippen LogP contribution in [-0.4, -0.2) is 82.5 Å². The monoisotopic (exact) mass is 522 g/mol. The number of nitrogens with one attached hydrogen (secondary N) is 1. The molecule has 0 amide bonds. The molecule has 1 fully saturated rings. The number of anilines is 2. The summed E-state index contributed by atoms with van der Waals surface area (Å²) < 4.78 is 35.0. The third kappa shape index (κ3) is 4.28. The number of nitrogens with zero attached hydrogens (tertiary/aromatic N) is 8. The maximum Gasteiger partial charge on any atom is 0.240 e. The van der Waals surface area contributed by atoms with Crippen LogP contribution < -0.4 is 15.4 Å². The van der Waals surface area contributed by atoms with Crippen molar-refractivity contribution in [2.24, 2.45) is 0 Å². The molecule has 14 heteroatoms. The topological polar surface area (TPSA) is 153 Å². The molecule has 0 saturated carbocycles. The Morgan fingerprint density at radius 2 is 1.81 bits per heavy atom. The minimum absolute atomic E-state index is 0.233. The van der Waals surface area contributed by atoms with E-state index in [9.17, 15) is 8.42 Å². The second-order valence-electron chi connectivity index (χ2n) is 8.75. The number of hydrogen-bond acceptors (Lipinski definition) is 10. The predicted molar refractivity (Wildman–Crippen MR) is 138 cm³/mol. The number of sulfonamides is 1. The lowest BCUT2D eigenvalue weighted by atomic mass is 10.2. The highest BCUT2D eigenvalue weighted by atomic mass is 32.2. The molecule has 1 saturated heterocycles. The summed E-state index contributed by atoms with van der Waals surface area (Å²) in [6.45, 7) is 4.92. The number of hydrogen-bond donors (Lipinski definition) is 2. The third-order valence-electron chi connectivity index (χ3n) is 6.62. The third-order valence-corrected chi connectivity index (χ3v) is 8.05. The van der Waals surface area contributed by atoms with Crippen molar-refractivity contribution < 1.29 is 12.8 Å². The molecular formula is C23H26N10O3S. The summed E-state index contributed by atoms with van der Waals surface area (Å²) in [4.78, 5) is 14.0. The van der Waals surface area contributed by atoms with Crippen LogP contribution in [0.15, 0.2) is 58.2 Å². The van der Waals surface area contributed by atoms with E-state index in [1.54, 1.807) is 36.7 Å². The molecule has 5 aromatic rings. The molecule has 3 N–H and O–H groups in total. The van der Waals surface area contributed by atoms with Gasteiger partial charge in [-0.3, -0.25) is 4.90 Å². The first-order valence-electron chi connectivity index (χ1n) is 11.9. The number of fused-ring (bicyclic) bond motifs is 3. The number of rotatable bonds is 7. The molecule has 0 radical (unpaired) electrons. The molecule has 0 bridgehead atoms. The van der Waals surface area contributed by atoms with E-state index in [0.29, 0.717) is 29.4 Å². The van der Waals surface area contributed by atoms with Crippen LogP contribution in [0, 0.1) is 0 Å². The summed E-state index contributed by atoms with van der Waals surface area (Å²) in [6.07, 6.45) is 3.32. The van der Waals surface area contributed by atoms with Gasteiger partial charge < -0.3 is 15.1 Å².